The van der Waals surface area contributed by atoms with Crippen LogP contribution in [-0.2, 0) is 0 Å². The molecule has 29 heavy (non-hydrogen) atoms. The molecule has 0 aliphatic heterocycles. The number of carbonyl (C=O) groups is 1. The number of carbonyl (C=O) groups excluding carboxylic acids is 1. The Hall–Kier alpha value is -4.11. The smallest absolute Gasteiger partial charge is 0.263 e. The highest BCUT2D eigenvalue weighted by Crippen LogP contribution is 2.36. The first-order valence-corrected chi connectivity index (χ1v) is 8.89. The van der Waals surface area contributed by atoms with Gasteiger partial charge in [-0.25, -0.2) is 4.98 Å². The molecule has 0 N–H and O–H groups in total. The van der Waals surface area contributed by atoms with Crippen LogP contribution in [0, 0.1) is 11.3 Å². The van der Waals surface area contributed by atoms with Crippen molar-refractivity contribution in [3.63, 3.8) is 0 Å². The van der Waals surface area contributed by atoms with Gasteiger partial charge in [-0.3, -0.25) is 9.36 Å². The highest BCUT2D eigenvalue weighted by atomic mass is 16.5. The Labute approximate surface area is 167 Å². The molecule has 0 spiro atoms. The van der Waals surface area contributed by atoms with Gasteiger partial charge in [0, 0.05) is 28.9 Å². The molecule has 0 fully saturated rings. The summed E-state index contributed by atoms with van der Waals surface area (Å²) in [6.45, 7) is 0. The van der Waals surface area contributed by atoms with Gasteiger partial charge in [0.2, 0.25) is 0 Å². The molecule has 0 bridgehead atoms. The minimum absolute atomic E-state index is 0.218. The Morgan fingerprint density at radius 3 is 2.48 bits per heavy atom. The lowest BCUT2D eigenvalue weighted by atomic mass is 10.1. The lowest BCUT2D eigenvalue weighted by molar-refractivity contribution is 0.0964. The van der Waals surface area contributed by atoms with Gasteiger partial charge in [-0.1, -0.05) is 6.07 Å². The molecule has 0 aliphatic carbocycles. The molecule has 142 valence electrons. The van der Waals surface area contributed by atoms with Crippen LogP contribution < -0.4 is 9.47 Å². The Morgan fingerprint density at radius 2 is 1.79 bits per heavy atom. The van der Waals surface area contributed by atoms with Crippen molar-refractivity contribution in [2.45, 2.75) is 0 Å². The van der Waals surface area contributed by atoms with E-state index < -0.39 is 0 Å². The molecular formula is C23H17N3O3. The molecular weight excluding hydrogens is 366 g/mol. The third-order valence-electron chi connectivity index (χ3n) is 4.74. The largest absolute Gasteiger partial charge is 0.493 e. The van der Waals surface area contributed by atoms with E-state index in [1.165, 1.54) is 4.57 Å². The summed E-state index contributed by atoms with van der Waals surface area (Å²) in [6, 6.07) is 18.0. The van der Waals surface area contributed by atoms with Crippen LogP contribution in [0.5, 0.6) is 11.5 Å². The zero-order valence-corrected chi connectivity index (χ0v) is 15.9. The van der Waals surface area contributed by atoms with Crippen molar-refractivity contribution in [2.75, 3.05) is 14.2 Å². The number of methoxy groups -OCH3 is 2. The van der Waals surface area contributed by atoms with Crippen LogP contribution in [0.3, 0.4) is 0 Å². The van der Waals surface area contributed by atoms with Gasteiger partial charge in [-0.05, 0) is 54.1 Å². The molecule has 0 radical (unpaired) electrons. The molecule has 2 aromatic carbocycles. The summed E-state index contributed by atoms with van der Waals surface area (Å²) >= 11 is 0. The van der Waals surface area contributed by atoms with Gasteiger partial charge in [-0.2, -0.15) is 5.26 Å². The molecule has 2 heterocycles. The number of nitrogens with zero attached hydrogens (tertiary/aromatic N) is 3. The van der Waals surface area contributed by atoms with Gasteiger partial charge in [0.15, 0.2) is 11.5 Å². The maximum Gasteiger partial charge on any atom is 0.263 e. The van der Waals surface area contributed by atoms with Gasteiger partial charge in [0.05, 0.1) is 25.9 Å². The molecule has 0 unspecified atom stereocenters. The fourth-order valence-electron chi connectivity index (χ4n) is 3.27. The topological polar surface area (TPSA) is 77.1 Å². The number of fused-ring (bicyclic) bond motifs is 1. The third-order valence-corrected chi connectivity index (χ3v) is 4.74. The maximum atomic E-state index is 13.1. The molecule has 6 nitrogen and oxygen atoms in total. The van der Waals surface area contributed by atoms with Crippen LogP contribution in [0.4, 0.5) is 0 Å². The van der Waals surface area contributed by atoms with Crippen molar-refractivity contribution in [3.05, 3.63) is 78.1 Å². The average molecular weight is 383 g/mol. The predicted molar refractivity (Wildman–Crippen MR) is 109 cm³/mol. The van der Waals surface area contributed by atoms with Crippen molar-refractivity contribution in [1.82, 2.24) is 9.55 Å². The monoisotopic (exact) mass is 383 g/mol. The standard InChI is InChI=1S/C23H17N3O3/c1-28-20-10-9-17(12-21(20)29-2)19-14-26(22-18(19)4-3-11-25-22)23(27)16-7-5-15(13-24)6-8-16/h3-12,14H,1-2H3. The van der Waals surface area contributed by atoms with Crippen molar-refractivity contribution < 1.29 is 14.3 Å². The van der Waals surface area contributed by atoms with Gasteiger partial charge in [0.25, 0.3) is 5.91 Å². The minimum Gasteiger partial charge on any atom is -0.493 e. The summed E-state index contributed by atoms with van der Waals surface area (Å²) in [4.78, 5) is 17.5. The number of ether oxygens (including phenoxy) is 2. The van der Waals surface area contributed by atoms with Crippen LogP contribution in [0.1, 0.15) is 15.9 Å². The average Bonchev–Trinajstić information content (AvgIpc) is 3.18. The summed E-state index contributed by atoms with van der Waals surface area (Å²) < 4.78 is 12.3. The quantitative estimate of drug-likeness (QED) is 0.526. The molecule has 4 rings (SSSR count). The van der Waals surface area contributed by atoms with Gasteiger partial charge >= 0.3 is 0 Å². The van der Waals surface area contributed by atoms with E-state index in [4.69, 9.17) is 14.7 Å². The molecule has 0 saturated carbocycles. The Morgan fingerprint density at radius 1 is 1.03 bits per heavy atom. The number of hydrogen-bond donors (Lipinski definition) is 0. The Kier molecular flexibility index (Phi) is 4.71. The lowest BCUT2D eigenvalue weighted by Gasteiger charge is -2.09. The highest BCUT2D eigenvalue weighted by molar-refractivity contribution is 6.05. The molecule has 0 aliphatic rings. The number of rotatable bonds is 4. The zero-order chi connectivity index (χ0) is 20.4. The van der Waals surface area contributed by atoms with Crippen LogP contribution in [0.2, 0.25) is 0 Å². The zero-order valence-electron chi connectivity index (χ0n) is 15.9. The van der Waals surface area contributed by atoms with Crippen LogP contribution >= 0.6 is 0 Å². The normalized spacial score (nSPS) is 10.5. The molecule has 4 aromatic rings. The van der Waals surface area contributed by atoms with Crippen LogP contribution in [0.15, 0.2) is 67.0 Å². The van der Waals surface area contributed by atoms with Crippen molar-refractivity contribution in [2.24, 2.45) is 0 Å². The van der Waals surface area contributed by atoms with E-state index in [0.717, 1.165) is 16.5 Å². The number of benzene rings is 2. The van der Waals surface area contributed by atoms with E-state index in [9.17, 15) is 4.79 Å². The van der Waals surface area contributed by atoms with E-state index in [2.05, 4.69) is 11.1 Å². The second-order valence-corrected chi connectivity index (χ2v) is 6.35. The minimum atomic E-state index is -0.218. The summed E-state index contributed by atoms with van der Waals surface area (Å²) in [5.41, 5.74) is 3.28. The molecule has 0 saturated heterocycles. The fraction of sp³-hybridized carbons (Fsp3) is 0.0870. The van der Waals surface area contributed by atoms with Crippen molar-refractivity contribution >= 4 is 16.9 Å². The first-order valence-electron chi connectivity index (χ1n) is 8.89. The van der Waals surface area contributed by atoms with E-state index in [1.807, 2.05) is 30.3 Å². The maximum absolute atomic E-state index is 13.1. The first kappa shape index (κ1) is 18.3. The Bertz CT molecular complexity index is 1250. The molecule has 2 aromatic heterocycles. The fourth-order valence-corrected chi connectivity index (χ4v) is 3.27. The first-order chi connectivity index (χ1) is 14.2. The summed E-state index contributed by atoms with van der Waals surface area (Å²) in [5.74, 6) is 1.02. The van der Waals surface area contributed by atoms with Crippen LogP contribution in [-0.4, -0.2) is 29.7 Å². The molecule has 0 amide bonds. The van der Waals surface area contributed by atoms with Gasteiger partial charge in [0.1, 0.15) is 5.65 Å². The molecule has 0 atom stereocenters. The summed E-state index contributed by atoms with van der Waals surface area (Å²) in [5, 5.41) is 9.81. The van der Waals surface area contributed by atoms with Crippen LogP contribution in [0.25, 0.3) is 22.2 Å². The highest BCUT2D eigenvalue weighted by Gasteiger charge is 2.18. The van der Waals surface area contributed by atoms with Crippen molar-refractivity contribution in [3.8, 4) is 28.7 Å². The lowest BCUT2D eigenvalue weighted by Crippen LogP contribution is -2.11. The third kappa shape index (κ3) is 3.19. The number of hydrogen-bond acceptors (Lipinski definition) is 5. The van der Waals surface area contributed by atoms with Gasteiger partial charge < -0.3 is 9.47 Å². The predicted octanol–water partition coefficient (Wildman–Crippen LogP) is 4.28. The Balaban J connectivity index is 1.86. The molecule has 6 heteroatoms. The van der Waals surface area contributed by atoms with E-state index in [1.54, 1.807) is 50.9 Å². The summed E-state index contributed by atoms with van der Waals surface area (Å²) in [6.07, 6.45) is 3.43. The van der Waals surface area contributed by atoms with E-state index in [-0.39, 0.29) is 5.91 Å². The number of nitriles is 1. The van der Waals surface area contributed by atoms with E-state index in [0.29, 0.717) is 28.3 Å². The van der Waals surface area contributed by atoms with Gasteiger partial charge in [-0.15, -0.1) is 0 Å². The second kappa shape index (κ2) is 7.49. The number of pyridine rings is 1. The second-order valence-electron chi connectivity index (χ2n) is 6.35. The van der Waals surface area contributed by atoms with E-state index >= 15 is 0 Å². The van der Waals surface area contributed by atoms with Crippen molar-refractivity contribution in [1.29, 1.82) is 5.26 Å². The number of aromatic nitrogens is 2. The SMILES string of the molecule is COc1ccc(-c2cn(C(=O)c3ccc(C#N)cc3)c3ncccc23)cc1OC. The summed E-state index contributed by atoms with van der Waals surface area (Å²) in [7, 11) is 3.17.